The predicted molar refractivity (Wildman–Crippen MR) is 70.8 cm³/mol. The van der Waals surface area contributed by atoms with Gasteiger partial charge in [0.15, 0.2) is 0 Å². The van der Waals surface area contributed by atoms with Gasteiger partial charge in [-0.15, -0.1) is 0 Å². The van der Waals surface area contributed by atoms with E-state index in [0.29, 0.717) is 30.4 Å². The lowest BCUT2D eigenvalue weighted by Gasteiger charge is -2.15. The van der Waals surface area contributed by atoms with Gasteiger partial charge in [0.1, 0.15) is 12.4 Å². The maximum absolute atomic E-state index is 11.8. The second-order valence-electron chi connectivity index (χ2n) is 4.51. The molecule has 1 amide bonds. The molecule has 3 nitrogen and oxygen atoms in total. The molecule has 0 fully saturated rings. The normalized spacial score (nSPS) is 16.8. The lowest BCUT2D eigenvalue weighted by atomic mass is 10.00. The number of carbonyl (C=O) groups excluding carboxylic acids is 1. The van der Waals surface area contributed by atoms with Crippen molar-refractivity contribution in [3.63, 3.8) is 0 Å². The van der Waals surface area contributed by atoms with Gasteiger partial charge in [-0.1, -0.05) is 35.8 Å². The summed E-state index contributed by atoms with van der Waals surface area (Å²) in [6, 6.07) is 5.80. The fraction of sp³-hybridized carbons (Fsp3) is 0.462. The molecule has 0 spiro atoms. The summed E-state index contributed by atoms with van der Waals surface area (Å²) >= 11 is 3.65. The molecule has 0 saturated heterocycles. The third-order valence-electron chi connectivity index (χ3n) is 2.80. The summed E-state index contributed by atoms with van der Waals surface area (Å²) in [5, 5.41) is 2.82. The number of halogens is 1. The molecule has 1 N–H and O–H groups in total. The lowest BCUT2D eigenvalue weighted by molar-refractivity contribution is 0.0957. The van der Waals surface area contributed by atoms with Crippen LogP contribution in [-0.4, -0.2) is 19.1 Å². The number of amides is 1. The van der Waals surface area contributed by atoms with Crippen molar-refractivity contribution in [2.75, 3.05) is 13.2 Å². The molecule has 0 bridgehead atoms. The van der Waals surface area contributed by atoms with Crippen molar-refractivity contribution in [2.45, 2.75) is 18.7 Å². The van der Waals surface area contributed by atoms with Crippen LogP contribution in [0.5, 0.6) is 5.75 Å². The van der Waals surface area contributed by atoms with Crippen molar-refractivity contribution in [1.29, 1.82) is 0 Å². The molecule has 92 valence electrons. The van der Waals surface area contributed by atoms with Crippen LogP contribution in [0.15, 0.2) is 18.2 Å². The van der Waals surface area contributed by atoms with Gasteiger partial charge in [-0.25, -0.2) is 0 Å². The first-order valence-corrected chi connectivity index (χ1v) is 6.70. The van der Waals surface area contributed by atoms with E-state index >= 15 is 0 Å². The van der Waals surface area contributed by atoms with E-state index in [1.807, 2.05) is 18.2 Å². The molecule has 1 aliphatic rings. The molecule has 2 rings (SSSR count). The van der Waals surface area contributed by atoms with Crippen molar-refractivity contribution in [3.05, 3.63) is 29.3 Å². The second-order valence-corrected chi connectivity index (χ2v) is 5.49. The van der Waals surface area contributed by atoms with E-state index in [9.17, 15) is 4.79 Å². The average molecular weight is 298 g/mol. The van der Waals surface area contributed by atoms with Gasteiger partial charge in [-0.3, -0.25) is 4.79 Å². The largest absolute Gasteiger partial charge is 0.491 e. The molecule has 1 aromatic carbocycles. The number of alkyl halides is 1. The third kappa shape index (κ3) is 2.63. The number of hydrogen-bond donors (Lipinski definition) is 1. The van der Waals surface area contributed by atoms with Crippen LogP contribution < -0.4 is 10.1 Å². The monoisotopic (exact) mass is 297 g/mol. The minimum absolute atomic E-state index is 0.0530. The van der Waals surface area contributed by atoms with Gasteiger partial charge in [0, 0.05) is 4.83 Å². The zero-order chi connectivity index (χ0) is 12.4. The van der Waals surface area contributed by atoms with E-state index in [0.717, 1.165) is 5.56 Å². The van der Waals surface area contributed by atoms with E-state index in [-0.39, 0.29) is 10.7 Å². The molecular formula is C13H16BrNO2. The van der Waals surface area contributed by atoms with E-state index in [4.69, 9.17) is 4.74 Å². The summed E-state index contributed by atoms with van der Waals surface area (Å²) in [5.74, 6) is 1.10. The summed E-state index contributed by atoms with van der Waals surface area (Å²) < 4.78 is 5.52. The van der Waals surface area contributed by atoms with Gasteiger partial charge >= 0.3 is 0 Å². The summed E-state index contributed by atoms with van der Waals surface area (Å²) in [7, 11) is 0. The average Bonchev–Trinajstić information content (AvgIpc) is 2.50. The molecule has 0 aromatic heterocycles. The highest BCUT2D eigenvalue weighted by atomic mass is 79.9. The Balaban J connectivity index is 2.38. The van der Waals surface area contributed by atoms with Crippen molar-refractivity contribution in [3.8, 4) is 5.75 Å². The van der Waals surface area contributed by atoms with Crippen molar-refractivity contribution >= 4 is 21.8 Å². The standard InChI is InChI=1S/C13H16BrNO2/c1-8(2)12(14)9-3-4-11-10(7-9)13(16)15-5-6-17-11/h3-4,7-8,12H,5-6H2,1-2H3,(H,15,16). The van der Waals surface area contributed by atoms with Crippen LogP contribution in [0.4, 0.5) is 0 Å². The number of hydrogen-bond acceptors (Lipinski definition) is 2. The van der Waals surface area contributed by atoms with Crippen molar-refractivity contribution < 1.29 is 9.53 Å². The van der Waals surface area contributed by atoms with E-state index in [2.05, 4.69) is 35.1 Å². The number of benzene rings is 1. The summed E-state index contributed by atoms with van der Waals surface area (Å²) in [6.07, 6.45) is 0. The molecule has 0 saturated carbocycles. The molecular weight excluding hydrogens is 282 g/mol. The molecule has 1 unspecified atom stereocenters. The van der Waals surface area contributed by atoms with Crippen LogP contribution in [0, 0.1) is 5.92 Å². The highest BCUT2D eigenvalue weighted by molar-refractivity contribution is 9.09. The van der Waals surface area contributed by atoms with Crippen LogP contribution >= 0.6 is 15.9 Å². The number of carbonyl (C=O) groups is 1. The number of rotatable bonds is 2. The van der Waals surface area contributed by atoms with Gasteiger partial charge < -0.3 is 10.1 Å². The van der Waals surface area contributed by atoms with Crippen LogP contribution in [0.25, 0.3) is 0 Å². The van der Waals surface area contributed by atoms with Crippen molar-refractivity contribution in [1.82, 2.24) is 5.32 Å². The predicted octanol–water partition coefficient (Wildman–Crippen LogP) is 2.90. The molecule has 4 heteroatoms. The molecule has 1 aromatic rings. The first-order chi connectivity index (χ1) is 8.09. The highest BCUT2D eigenvalue weighted by Gasteiger charge is 2.19. The van der Waals surface area contributed by atoms with E-state index in [1.54, 1.807) is 0 Å². The highest BCUT2D eigenvalue weighted by Crippen LogP contribution is 2.33. The Kier molecular flexibility index (Phi) is 3.72. The number of ether oxygens (including phenoxy) is 1. The van der Waals surface area contributed by atoms with Gasteiger partial charge in [-0.05, 0) is 23.6 Å². The Morgan fingerprint density at radius 1 is 1.41 bits per heavy atom. The SMILES string of the molecule is CC(C)C(Br)c1ccc2c(c1)C(=O)NCCO2. The molecule has 17 heavy (non-hydrogen) atoms. The number of nitrogens with one attached hydrogen (secondary N) is 1. The summed E-state index contributed by atoms with van der Waals surface area (Å²) in [5.41, 5.74) is 1.74. The Hall–Kier alpha value is -1.03. The first kappa shape index (κ1) is 12.4. The van der Waals surface area contributed by atoms with E-state index in [1.165, 1.54) is 0 Å². The Morgan fingerprint density at radius 3 is 2.88 bits per heavy atom. The molecule has 0 aliphatic carbocycles. The minimum atomic E-state index is -0.0530. The van der Waals surface area contributed by atoms with Crippen LogP contribution in [0.1, 0.15) is 34.6 Å². The zero-order valence-electron chi connectivity index (χ0n) is 10.00. The topological polar surface area (TPSA) is 38.3 Å². The molecule has 1 aliphatic heterocycles. The summed E-state index contributed by atoms with van der Waals surface area (Å²) in [4.78, 5) is 12.1. The van der Waals surface area contributed by atoms with Gasteiger partial charge in [0.25, 0.3) is 5.91 Å². The fourth-order valence-electron chi connectivity index (χ4n) is 1.83. The maximum Gasteiger partial charge on any atom is 0.255 e. The first-order valence-electron chi connectivity index (χ1n) is 5.78. The third-order valence-corrected chi connectivity index (χ3v) is 4.38. The fourth-order valence-corrected chi connectivity index (χ4v) is 2.11. The quantitative estimate of drug-likeness (QED) is 0.853. The Morgan fingerprint density at radius 2 is 2.18 bits per heavy atom. The lowest BCUT2D eigenvalue weighted by Crippen LogP contribution is -2.24. The van der Waals surface area contributed by atoms with Gasteiger partial charge in [-0.2, -0.15) is 0 Å². The Bertz CT molecular complexity index is 431. The summed E-state index contributed by atoms with van der Waals surface area (Å²) in [6.45, 7) is 5.37. The Labute approximate surface area is 110 Å². The second kappa shape index (κ2) is 5.08. The van der Waals surface area contributed by atoms with Crippen molar-refractivity contribution in [2.24, 2.45) is 5.92 Å². The van der Waals surface area contributed by atoms with Gasteiger partial charge in [0.2, 0.25) is 0 Å². The maximum atomic E-state index is 11.8. The zero-order valence-corrected chi connectivity index (χ0v) is 11.6. The minimum Gasteiger partial charge on any atom is -0.491 e. The number of fused-ring (bicyclic) bond motifs is 1. The van der Waals surface area contributed by atoms with E-state index < -0.39 is 0 Å². The van der Waals surface area contributed by atoms with Crippen LogP contribution in [0.3, 0.4) is 0 Å². The molecule has 1 atom stereocenters. The molecule has 1 heterocycles. The smallest absolute Gasteiger partial charge is 0.255 e. The van der Waals surface area contributed by atoms with Crippen LogP contribution in [0.2, 0.25) is 0 Å². The van der Waals surface area contributed by atoms with Crippen LogP contribution in [-0.2, 0) is 0 Å². The van der Waals surface area contributed by atoms with Gasteiger partial charge in [0.05, 0.1) is 12.1 Å². The molecule has 0 radical (unpaired) electrons.